The molecule has 0 atom stereocenters. The van der Waals surface area contributed by atoms with E-state index in [2.05, 4.69) is 4.72 Å². The highest BCUT2D eigenvalue weighted by Crippen LogP contribution is 2.26. The van der Waals surface area contributed by atoms with Crippen LogP contribution in [0.1, 0.15) is 10.4 Å². The third kappa shape index (κ3) is 3.50. The first-order valence-corrected chi connectivity index (χ1v) is 7.47. The van der Waals surface area contributed by atoms with Crippen molar-refractivity contribution in [2.75, 3.05) is 4.72 Å². The van der Waals surface area contributed by atoms with Gasteiger partial charge in [0.05, 0.1) is 21.2 Å². The number of carboxylic acid groups (broad SMARTS) is 1. The lowest BCUT2D eigenvalue weighted by Gasteiger charge is -2.10. The molecule has 0 bridgehead atoms. The zero-order valence-corrected chi connectivity index (χ0v) is 12.0. The van der Waals surface area contributed by atoms with Crippen LogP contribution in [0.3, 0.4) is 0 Å². The summed E-state index contributed by atoms with van der Waals surface area (Å²) in [5.41, 5.74) is -0.0317. The second-order valence-corrected chi connectivity index (χ2v) is 6.15. The number of hydrogen-bond donors (Lipinski definition) is 2. The van der Waals surface area contributed by atoms with Gasteiger partial charge >= 0.3 is 5.97 Å². The predicted molar refractivity (Wildman–Crippen MR) is 75.6 cm³/mol. The van der Waals surface area contributed by atoms with Gasteiger partial charge in [-0.2, -0.15) is 0 Å². The standard InChI is InChI=1S/C13H9ClFNO4S/c14-11-7-8(13(17)18)1-6-12(11)16-21(19,20)10-4-2-9(15)3-5-10/h1-7,16H,(H,17,18). The fourth-order valence-electron chi connectivity index (χ4n) is 1.55. The van der Waals surface area contributed by atoms with Gasteiger partial charge in [-0.15, -0.1) is 0 Å². The van der Waals surface area contributed by atoms with Crippen LogP contribution >= 0.6 is 11.6 Å². The fraction of sp³-hybridized carbons (Fsp3) is 0. The summed E-state index contributed by atoms with van der Waals surface area (Å²) in [6, 6.07) is 7.85. The molecular formula is C13H9ClFNO4S. The van der Waals surface area contributed by atoms with Crippen molar-refractivity contribution in [2.24, 2.45) is 0 Å². The van der Waals surface area contributed by atoms with Crippen LogP contribution in [0.5, 0.6) is 0 Å². The topological polar surface area (TPSA) is 83.5 Å². The number of rotatable bonds is 4. The first-order valence-electron chi connectivity index (χ1n) is 5.61. The lowest BCUT2D eigenvalue weighted by Crippen LogP contribution is -2.13. The summed E-state index contributed by atoms with van der Waals surface area (Å²) in [6.45, 7) is 0. The van der Waals surface area contributed by atoms with E-state index < -0.39 is 21.8 Å². The maximum atomic E-state index is 12.8. The normalized spacial score (nSPS) is 11.1. The molecule has 0 heterocycles. The van der Waals surface area contributed by atoms with Crippen LogP contribution in [0, 0.1) is 5.82 Å². The van der Waals surface area contributed by atoms with Crippen molar-refractivity contribution in [2.45, 2.75) is 4.90 Å². The van der Waals surface area contributed by atoms with Crippen LogP contribution < -0.4 is 4.72 Å². The molecule has 0 spiro atoms. The Bertz CT molecular complexity index is 790. The zero-order chi connectivity index (χ0) is 15.6. The highest BCUT2D eigenvalue weighted by Gasteiger charge is 2.16. The molecule has 0 aliphatic rings. The molecule has 0 saturated carbocycles. The Kier molecular flexibility index (Phi) is 4.15. The van der Waals surface area contributed by atoms with Gasteiger partial charge in [0.2, 0.25) is 0 Å². The minimum atomic E-state index is -3.93. The van der Waals surface area contributed by atoms with Crippen LogP contribution in [0.15, 0.2) is 47.4 Å². The van der Waals surface area contributed by atoms with Gasteiger partial charge in [-0.1, -0.05) is 11.6 Å². The van der Waals surface area contributed by atoms with Crippen LogP contribution in [-0.4, -0.2) is 19.5 Å². The molecule has 0 fully saturated rings. The van der Waals surface area contributed by atoms with Crippen molar-refractivity contribution in [3.05, 3.63) is 58.9 Å². The van der Waals surface area contributed by atoms with Gasteiger partial charge in [-0.05, 0) is 42.5 Å². The molecule has 8 heteroatoms. The predicted octanol–water partition coefficient (Wildman–Crippen LogP) is 2.98. The van der Waals surface area contributed by atoms with Crippen molar-refractivity contribution in [1.29, 1.82) is 0 Å². The third-order valence-corrected chi connectivity index (χ3v) is 4.28. The van der Waals surface area contributed by atoms with Gasteiger partial charge in [0.25, 0.3) is 10.0 Å². The third-order valence-electron chi connectivity index (χ3n) is 2.58. The largest absolute Gasteiger partial charge is 0.478 e. The molecule has 2 N–H and O–H groups in total. The summed E-state index contributed by atoms with van der Waals surface area (Å²) < 4.78 is 39.2. The van der Waals surface area contributed by atoms with Crippen molar-refractivity contribution in [1.82, 2.24) is 0 Å². The van der Waals surface area contributed by atoms with Gasteiger partial charge in [0.15, 0.2) is 0 Å². The number of anilines is 1. The van der Waals surface area contributed by atoms with Crippen LogP contribution in [0.2, 0.25) is 5.02 Å². The Labute approximate surface area is 125 Å². The molecule has 21 heavy (non-hydrogen) atoms. The lowest BCUT2D eigenvalue weighted by atomic mass is 10.2. The molecule has 0 radical (unpaired) electrons. The minimum Gasteiger partial charge on any atom is -0.478 e. The average molecular weight is 330 g/mol. The molecule has 2 aromatic rings. The van der Waals surface area contributed by atoms with Gasteiger partial charge in [0.1, 0.15) is 5.82 Å². The molecule has 110 valence electrons. The molecule has 0 aliphatic heterocycles. The Hall–Kier alpha value is -2.12. The number of halogens is 2. The number of benzene rings is 2. The first kappa shape index (κ1) is 15.3. The molecule has 2 aromatic carbocycles. The summed E-state index contributed by atoms with van der Waals surface area (Å²) in [5.74, 6) is -1.73. The van der Waals surface area contributed by atoms with E-state index in [1.165, 1.54) is 12.1 Å². The highest BCUT2D eigenvalue weighted by atomic mass is 35.5. The Morgan fingerprint density at radius 2 is 1.76 bits per heavy atom. The van der Waals surface area contributed by atoms with Crippen molar-refractivity contribution < 1.29 is 22.7 Å². The van der Waals surface area contributed by atoms with E-state index in [1.807, 2.05) is 0 Å². The maximum absolute atomic E-state index is 12.8. The smallest absolute Gasteiger partial charge is 0.335 e. The average Bonchev–Trinajstić information content (AvgIpc) is 2.41. The van der Waals surface area contributed by atoms with E-state index in [0.717, 1.165) is 30.3 Å². The summed E-state index contributed by atoms with van der Waals surface area (Å²) in [4.78, 5) is 10.6. The van der Waals surface area contributed by atoms with Crippen molar-refractivity contribution in [3.8, 4) is 0 Å². The highest BCUT2D eigenvalue weighted by molar-refractivity contribution is 7.92. The quantitative estimate of drug-likeness (QED) is 0.903. The summed E-state index contributed by atoms with van der Waals surface area (Å²) in [7, 11) is -3.93. The Morgan fingerprint density at radius 3 is 2.29 bits per heavy atom. The Morgan fingerprint density at radius 1 is 1.14 bits per heavy atom. The lowest BCUT2D eigenvalue weighted by molar-refractivity contribution is 0.0697. The van der Waals surface area contributed by atoms with E-state index in [1.54, 1.807) is 0 Å². The number of carbonyl (C=O) groups is 1. The molecule has 5 nitrogen and oxygen atoms in total. The Balaban J connectivity index is 2.32. The van der Waals surface area contributed by atoms with Gasteiger partial charge in [0, 0.05) is 0 Å². The molecule has 0 aliphatic carbocycles. The second kappa shape index (κ2) is 5.71. The van der Waals surface area contributed by atoms with E-state index in [4.69, 9.17) is 16.7 Å². The molecular weight excluding hydrogens is 321 g/mol. The minimum absolute atomic E-state index is 0.0333. The zero-order valence-electron chi connectivity index (χ0n) is 10.4. The first-order chi connectivity index (χ1) is 9.79. The number of hydrogen-bond acceptors (Lipinski definition) is 3. The SMILES string of the molecule is O=C(O)c1ccc(NS(=O)(=O)c2ccc(F)cc2)c(Cl)c1. The van der Waals surface area contributed by atoms with Crippen LogP contribution in [0.4, 0.5) is 10.1 Å². The monoisotopic (exact) mass is 329 g/mol. The van der Waals surface area contributed by atoms with E-state index in [-0.39, 0.29) is 21.2 Å². The fourth-order valence-corrected chi connectivity index (χ4v) is 2.91. The number of aromatic carboxylic acids is 1. The molecule has 0 amide bonds. The van der Waals surface area contributed by atoms with E-state index in [0.29, 0.717) is 0 Å². The van der Waals surface area contributed by atoms with E-state index in [9.17, 15) is 17.6 Å². The second-order valence-electron chi connectivity index (χ2n) is 4.06. The molecule has 0 unspecified atom stereocenters. The number of carboxylic acids is 1. The summed E-state index contributed by atoms with van der Waals surface area (Å²) >= 11 is 5.84. The summed E-state index contributed by atoms with van der Waals surface area (Å²) in [6.07, 6.45) is 0. The van der Waals surface area contributed by atoms with Gasteiger partial charge in [-0.3, -0.25) is 4.72 Å². The molecule has 2 rings (SSSR count). The van der Waals surface area contributed by atoms with Crippen LogP contribution in [-0.2, 0) is 10.0 Å². The maximum Gasteiger partial charge on any atom is 0.335 e. The molecule has 0 aromatic heterocycles. The number of sulfonamides is 1. The van der Waals surface area contributed by atoms with Gasteiger partial charge < -0.3 is 5.11 Å². The van der Waals surface area contributed by atoms with Gasteiger partial charge in [-0.25, -0.2) is 17.6 Å². The van der Waals surface area contributed by atoms with Crippen molar-refractivity contribution >= 4 is 33.3 Å². The number of nitrogens with one attached hydrogen (secondary N) is 1. The van der Waals surface area contributed by atoms with Crippen molar-refractivity contribution in [3.63, 3.8) is 0 Å². The van der Waals surface area contributed by atoms with Crippen LogP contribution in [0.25, 0.3) is 0 Å². The molecule has 0 saturated heterocycles. The summed E-state index contributed by atoms with van der Waals surface area (Å²) in [5, 5.41) is 8.75. The van der Waals surface area contributed by atoms with E-state index >= 15 is 0 Å².